The molecule has 0 saturated carbocycles. The van der Waals surface area contributed by atoms with Gasteiger partial charge in [0.2, 0.25) is 5.91 Å². The maximum Gasteiger partial charge on any atom is 0.335 e. The normalized spacial score (nSPS) is 10.2. The lowest BCUT2D eigenvalue weighted by atomic mass is 10.1. The largest absolute Gasteiger partial charge is 0.478 e. The highest BCUT2D eigenvalue weighted by Gasteiger charge is 2.05. The lowest BCUT2D eigenvalue weighted by molar-refractivity contribution is -0.121. The number of carbonyl (C=O) groups is 2. The van der Waals surface area contributed by atoms with Gasteiger partial charge in [-0.05, 0) is 37.1 Å². The van der Waals surface area contributed by atoms with E-state index in [4.69, 9.17) is 10.8 Å². The molecular weight excluding hydrogens is 256 g/mol. The molecule has 5 nitrogen and oxygen atoms in total. The van der Waals surface area contributed by atoms with Gasteiger partial charge in [-0.1, -0.05) is 25.0 Å². The van der Waals surface area contributed by atoms with E-state index in [1.807, 2.05) is 0 Å². The average Bonchev–Trinajstić information content (AvgIpc) is 2.45. The highest BCUT2D eigenvalue weighted by Crippen LogP contribution is 2.06. The van der Waals surface area contributed by atoms with Gasteiger partial charge in [-0.2, -0.15) is 0 Å². The van der Waals surface area contributed by atoms with E-state index >= 15 is 0 Å². The number of carboxylic acids is 1. The molecule has 0 spiro atoms. The number of nitrogens with two attached hydrogens (primary N) is 1. The standard InChI is InChI=1S/C15H22N2O3/c16-9-4-2-1-3-8-14(18)17-11-12-6-5-7-13(10-12)15(19)20/h5-7,10H,1-4,8-9,11,16H2,(H,17,18)(H,19,20). The first-order valence-corrected chi connectivity index (χ1v) is 6.92. The van der Waals surface area contributed by atoms with Crippen LogP contribution in [0.3, 0.4) is 0 Å². The van der Waals surface area contributed by atoms with E-state index in [2.05, 4.69) is 5.32 Å². The van der Waals surface area contributed by atoms with Crippen LogP contribution in [0, 0.1) is 0 Å². The van der Waals surface area contributed by atoms with Crippen molar-refractivity contribution < 1.29 is 14.7 Å². The summed E-state index contributed by atoms with van der Waals surface area (Å²) in [7, 11) is 0. The minimum Gasteiger partial charge on any atom is -0.478 e. The van der Waals surface area contributed by atoms with Crippen molar-refractivity contribution in [1.29, 1.82) is 0 Å². The van der Waals surface area contributed by atoms with Gasteiger partial charge in [0.1, 0.15) is 0 Å². The fourth-order valence-electron chi connectivity index (χ4n) is 1.89. The van der Waals surface area contributed by atoms with Crippen LogP contribution in [0.15, 0.2) is 24.3 Å². The Balaban J connectivity index is 2.27. The Hall–Kier alpha value is -1.88. The molecule has 110 valence electrons. The molecule has 4 N–H and O–H groups in total. The van der Waals surface area contributed by atoms with Gasteiger partial charge in [0.25, 0.3) is 0 Å². The Labute approximate surface area is 119 Å². The Morgan fingerprint density at radius 3 is 2.60 bits per heavy atom. The lowest BCUT2D eigenvalue weighted by Gasteiger charge is -2.06. The molecule has 5 heteroatoms. The average molecular weight is 278 g/mol. The number of hydrogen-bond acceptors (Lipinski definition) is 3. The zero-order chi connectivity index (χ0) is 14.8. The smallest absolute Gasteiger partial charge is 0.335 e. The molecule has 0 saturated heterocycles. The van der Waals surface area contributed by atoms with Crippen LogP contribution in [0.25, 0.3) is 0 Å². The van der Waals surface area contributed by atoms with Crippen molar-refractivity contribution >= 4 is 11.9 Å². The maximum atomic E-state index is 11.6. The van der Waals surface area contributed by atoms with Gasteiger partial charge in [0.15, 0.2) is 0 Å². The summed E-state index contributed by atoms with van der Waals surface area (Å²) in [5, 5.41) is 11.7. The minimum absolute atomic E-state index is 0.00141. The van der Waals surface area contributed by atoms with E-state index in [0.717, 1.165) is 31.2 Å². The van der Waals surface area contributed by atoms with Gasteiger partial charge >= 0.3 is 5.97 Å². The zero-order valence-corrected chi connectivity index (χ0v) is 11.6. The fourth-order valence-corrected chi connectivity index (χ4v) is 1.89. The van der Waals surface area contributed by atoms with Gasteiger partial charge in [-0.3, -0.25) is 4.79 Å². The number of unbranched alkanes of at least 4 members (excludes halogenated alkanes) is 3. The number of carboxylic acid groups (broad SMARTS) is 1. The number of carbonyl (C=O) groups excluding carboxylic acids is 1. The lowest BCUT2D eigenvalue weighted by Crippen LogP contribution is -2.22. The number of rotatable bonds is 9. The molecule has 20 heavy (non-hydrogen) atoms. The fraction of sp³-hybridized carbons (Fsp3) is 0.467. The van der Waals surface area contributed by atoms with Gasteiger partial charge in [0.05, 0.1) is 5.56 Å². The van der Waals surface area contributed by atoms with E-state index in [-0.39, 0.29) is 11.5 Å². The molecule has 1 amide bonds. The molecule has 0 bridgehead atoms. The Morgan fingerprint density at radius 2 is 1.90 bits per heavy atom. The van der Waals surface area contributed by atoms with Crippen molar-refractivity contribution in [2.24, 2.45) is 5.73 Å². The van der Waals surface area contributed by atoms with Crippen molar-refractivity contribution in [2.75, 3.05) is 6.54 Å². The molecule has 0 aliphatic rings. The monoisotopic (exact) mass is 278 g/mol. The maximum absolute atomic E-state index is 11.6. The van der Waals surface area contributed by atoms with E-state index in [1.54, 1.807) is 18.2 Å². The predicted molar refractivity (Wildman–Crippen MR) is 77.4 cm³/mol. The second kappa shape index (κ2) is 9.09. The summed E-state index contributed by atoms with van der Waals surface area (Å²) >= 11 is 0. The summed E-state index contributed by atoms with van der Waals surface area (Å²) in [6.07, 6.45) is 4.44. The third-order valence-electron chi connectivity index (χ3n) is 3.02. The Kier molecular flexibility index (Phi) is 7.35. The second-order valence-corrected chi connectivity index (χ2v) is 4.74. The van der Waals surface area contributed by atoms with Crippen molar-refractivity contribution in [3.63, 3.8) is 0 Å². The van der Waals surface area contributed by atoms with E-state index in [0.29, 0.717) is 19.5 Å². The predicted octanol–water partition coefficient (Wildman–Crippen LogP) is 1.91. The van der Waals surface area contributed by atoms with Crippen LogP contribution in [0.4, 0.5) is 0 Å². The van der Waals surface area contributed by atoms with E-state index in [9.17, 15) is 9.59 Å². The Bertz CT molecular complexity index is 446. The first kappa shape index (κ1) is 16.2. The van der Waals surface area contributed by atoms with Gasteiger partial charge in [-0.15, -0.1) is 0 Å². The first-order valence-electron chi connectivity index (χ1n) is 6.92. The van der Waals surface area contributed by atoms with Crippen LogP contribution >= 0.6 is 0 Å². The topological polar surface area (TPSA) is 92.4 Å². The number of benzene rings is 1. The van der Waals surface area contributed by atoms with Gasteiger partial charge in [-0.25, -0.2) is 4.79 Å². The zero-order valence-electron chi connectivity index (χ0n) is 11.6. The highest BCUT2D eigenvalue weighted by atomic mass is 16.4. The molecule has 1 aromatic rings. The summed E-state index contributed by atoms with van der Waals surface area (Å²) in [6.45, 7) is 1.06. The first-order chi connectivity index (χ1) is 9.63. The Morgan fingerprint density at radius 1 is 1.15 bits per heavy atom. The van der Waals surface area contributed by atoms with Crippen LogP contribution in [-0.2, 0) is 11.3 Å². The van der Waals surface area contributed by atoms with Crippen LogP contribution < -0.4 is 11.1 Å². The van der Waals surface area contributed by atoms with E-state index < -0.39 is 5.97 Å². The molecule has 0 heterocycles. The summed E-state index contributed by atoms with van der Waals surface area (Å²) in [4.78, 5) is 22.4. The van der Waals surface area contributed by atoms with Crippen LogP contribution in [0.2, 0.25) is 0 Å². The third kappa shape index (κ3) is 6.33. The van der Waals surface area contributed by atoms with Crippen molar-refractivity contribution in [2.45, 2.75) is 38.6 Å². The molecule has 1 aromatic carbocycles. The molecule has 1 rings (SSSR count). The van der Waals surface area contributed by atoms with E-state index in [1.165, 1.54) is 6.07 Å². The van der Waals surface area contributed by atoms with Gasteiger partial charge in [0, 0.05) is 13.0 Å². The number of amides is 1. The quantitative estimate of drug-likeness (QED) is 0.602. The third-order valence-corrected chi connectivity index (χ3v) is 3.02. The molecule has 0 aromatic heterocycles. The molecule has 0 aliphatic carbocycles. The SMILES string of the molecule is NCCCCCCC(=O)NCc1cccc(C(=O)O)c1. The number of hydrogen-bond donors (Lipinski definition) is 3. The van der Waals surface area contributed by atoms with Crippen molar-refractivity contribution in [3.8, 4) is 0 Å². The molecule has 0 aliphatic heterocycles. The summed E-state index contributed by atoms with van der Waals surface area (Å²) in [6, 6.07) is 6.58. The highest BCUT2D eigenvalue weighted by molar-refractivity contribution is 5.87. The molecular formula is C15H22N2O3. The molecule has 0 fully saturated rings. The summed E-state index contributed by atoms with van der Waals surface area (Å²) < 4.78 is 0. The second-order valence-electron chi connectivity index (χ2n) is 4.74. The van der Waals surface area contributed by atoms with Crippen molar-refractivity contribution in [3.05, 3.63) is 35.4 Å². The molecule has 0 atom stereocenters. The minimum atomic E-state index is -0.960. The van der Waals surface area contributed by atoms with Crippen molar-refractivity contribution in [1.82, 2.24) is 5.32 Å². The van der Waals surface area contributed by atoms with Crippen LogP contribution in [0.1, 0.15) is 48.0 Å². The van der Waals surface area contributed by atoms with Crippen LogP contribution in [0.5, 0.6) is 0 Å². The number of aromatic carboxylic acids is 1. The summed E-state index contributed by atoms with van der Waals surface area (Å²) in [5.74, 6) is -0.962. The summed E-state index contributed by atoms with van der Waals surface area (Å²) in [5.41, 5.74) is 6.42. The van der Waals surface area contributed by atoms with Crippen LogP contribution in [-0.4, -0.2) is 23.5 Å². The molecule has 0 unspecified atom stereocenters. The number of nitrogens with one attached hydrogen (secondary N) is 1. The molecule has 0 radical (unpaired) electrons. The van der Waals surface area contributed by atoms with Gasteiger partial charge < -0.3 is 16.2 Å².